The number of halogens is 3. The van der Waals surface area contributed by atoms with Crippen molar-refractivity contribution in [3.8, 4) is 0 Å². The second-order valence-electron chi connectivity index (χ2n) is 11.1. The molecule has 11 heteroatoms. The number of nitrogens with one attached hydrogen (secondary N) is 2. The highest BCUT2D eigenvalue weighted by molar-refractivity contribution is 6.33. The summed E-state index contributed by atoms with van der Waals surface area (Å²) in [4.78, 5) is 4.79. The lowest BCUT2D eigenvalue weighted by Gasteiger charge is -2.70. The van der Waals surface area contributed by atoms with Crippen LogP contribution in [-0.2, 0) is 15.0 Å². The minimum absolute atomic E-state index is 0.0945. The Bertz CT molecular complexity index is 1140. The van der Waals surface area contributed by atoms with Crippen molar-refractivity contribution in [1.29, 1.82) is 5.41 Å². The predicted molar refractivity (Wildman–Crippen MR) is 134 cm³/mol. The molecule has 2 saturated heterocycles. The van der Waals surface area contributed by atoms with Crippen molar-refractivity contribution in [2.24, 2.45) is 5.41 Å². The van der Waals surface area contributed by atoms with Crippen LogP contribution in [0, 0.1) is 10.8 Å². The molecule has 2 N–H and O–H groups in total. The van der Waals surface area contributed by atoms with E-state index in [2.05, 4.69) is 31.9 Å². The van der Waals surface area contributed by atoms with Gasteiger partial charge in [0.05, 0.1) is 53.5 Å². The maximum atomic E-state index is 12.4. The zero-order chi connectivity index (χ0) is 25.1. The fourth-order valence-corrected chi connectivity index (χ4v) is 6.78. The van der Waals surface area contributed by atoms with Crippen molar-refractivity contribution in [2.45, 2.75) is 43.9 Å². The largest absolute Gasteiger partial charge is 0.377 e. The first-order valence-electron chi connectivity index (χ1n) is 12.4. The number of hydrogen-bond acceptors (Lipinski definition) is 7. The molecule has 0 unspecified atom stereocenters. The summed E-state index contributed by atoms with van der Waals surface area (Å²) in [5, 5.41) is 16.5. The first-order chi connectivity index (χ1) is 17.2. The fourth-order valence-electron chi connectivity index (χ4n) is 6.49. The number of hydrogen-bond donors (Lipinski definition) is 2. The van der Waals surface area contributed by atoms with E-state index in [1.807, 2.05) is 23.0 Å². The minimum atomic E-state index is -2.72. The molecule has 3 aliphatic carbocycles. The molecule has 2 aromatic rings. The Labute approximate surface area is 214 Å². The Hall–Kier alpha value is -2.27. The molecule has 7 rings (SSSR count). The lowest BCUT2D eigenvalue weighted by molar-refractivity contribution is -0.255. The number of piperazine rings is 1. The second kappa shape index (κ2) is 8.65. The SMILES string of the molecule is CC1(N2CCN(c3cc(Nc4cnn(C56CC(COC(F)F)(C5)C6)c4)c(C=N)cc3Cl)CC2)COC1. The number of rotatable bonds is 9. The van der Waals surface area contributed by atoms with Gasteiger partial charge in [0, 0.05) is 55.3 Å². The van der Waals surface area contributed by atoms with Crippen LogP contribution in [0.2, 0.25) is 5.02 Å². The molecule has 1 aromatic heterocycles. The number of nitrogens with zero attached hydrogens (tertiary/aromatic N) is 4. The summed E-state index contributed by atoms with van der Waals surface area (Å²) in [6.45, 7) is 4.86. The Kier molecular flexibility index (Phi) is 5.79. The fraction of sp³-hybridized carbons (Fsp3) is 0.600. The highest BCUT2D eigenvalue weighted by Gasteiger charge is 2.69. The molecule has 1 aromatic carbocycles. The molecule has 5 fully saturated rings. The van der Waals surface area contributed by atoms with E-state index in [1.165, 1.54) is 6.21 Å². The summed E-state index contributed by atoms with van der Waals surface area (Å²) < 4.78 is 36.8. The van der Waals surface area contributed by atoms with Gasteiger partial charge in [-0.1, -0.05) is 11.6 Å². The lowest BCUT2D eigenvalue weighted by atomic mass is 9.39. The van der Waals surface area contributed by atoms with Crippen LogP contribution in [0.5, 0.6) is 0 Å². The van der Waals surface area contributed by atoms with Crippen molar-refractivity contribution in [3.63, 3.8) is 0 Å². The zero-order valence-corrected chi connectivity index (χ0v) is 21.0. The molecular weight excluding hydrogens is 490 g/mol. The molecule has 2 aliphatic heterocycles. The van der Waals surface area contributed by atoms with Gasteiger partial charge in [0.25, 0.3) is 0 Å². The lowest BCUT2D eigenvalue weighted by Crippen LogP contribution is -2.69. The smallest absolute Gasteiger partial charge is 0.345 e. The molecule has 0 atom stereocenters. The van der Waals surface area contributed by atoms with Gasteiger partial charge < -0.3 is 25.1 Å². The molecular formula is C25H31ClF2N6O2. The van der Waals surface area contributed by atoms with E-state index in [0.717, 1.165) is 75.7 Å². The van der Waals surface area contributed by atoms with Gasteiger partial charge in [0.1, 0.15) is 0 Å². The molecule has 0 spiro atoms. The van der Waals surface area contributed by atoms with Crippen molar-refractivity contribution in [1.82, 2.24) is 14.7 Å². The van der Waals surface area contributed by atoms with Gasteiger partial charge >= 0.3 is 6.61 Å². The van der Waals surface area contributed by atoms with Gasteiger partial charge in [-0.05, 0) is 38.3 Å². The number of ether oxygens (including phenoxy) is 2. The number of benzene rings is 1. The van der Waals surface area contributed by atoms with Crippen molar-refractivity contribution < 1.29 is 18.3 Å². The van der Waals surface area contributed by atoms with Crippen LogP contribution in [0.15, 0.2) is 24.5 Å². The van der Waals surface area contributed by atoms with E-state index in [4.69, 9.17) is 21.7 Å². The normalized spacial score (nSPS) is 28.9. The van der Waals surface area contributed by atoms with Crippen LogP contribution in [0.4, 0.5) is 25.8 Å². The molecule has 0 radical (unpaired) electrons. The number of anilines is 3. The Balaban J connectivity index is 1.13. The summed E-state index contributed by atoms with van der Waals surface area (Å²) in [5.41, 5.74) is 3.18. The molecule has 8 nitrogen and oxygen atoms in total. The third-order valence-corrected chi connectivity index (χ3v) is 8.76. The van der Waals surface area contributed by atoms with Gasteiger partial charge in [-0.25, -0.2) is 0 Å². The summed E-state index contributed by atoms with van der Waals surface area (Å²) in [6, 6.07) is 3.85. The quantitative estimate of drug-likeness (QED) is 0.480. The monoisotopic (exact) mass is 520 g/mol. The number of alkyl halides is 2. The van der Waals surface area contributed by atoms with E-state index < -0.39 is 6.61 Å². The minimum Gasteiger partial charge on any atom is -0.377 e. The summed E-state index contributed by atoms with van der Waals surface area (Å²) >= 11 is 6.66. The van der Waals surface area contributed by atoms with E-state index >= 15 is 0 Å². The standard InChI is InChI=1S/C25H31ClF2N6O2/c1-23(14-35-15-23)33-4-2-32(3-5-33)21-7-20(17(8-29)6-19(21)26)31-18-9-30-34(10-18)25-11-24(12-25,13-25)16-36-22(27)28/h6-10,22,29,31H,2-5,11-16H2,1H3. The van der Waals surface area contributed by atoms with Gasteiger partial charge in [0.15, 0.2) is 0 Å². The van der Waals surface area contributed by atoms with E-state index in [-0.39, 0.29) is 23.1 Å². The predicted octanol–water partition coefficient (Wildman–Crippen LogP) is 4.31. The molecule has 194 valence electrons. The highest BCUT2D eigenvalue weighted by atomic mass is 35.5. The third-order valence-electron chi connectivity index (χ3n) is 8.46. The molecule has 5 aliphatic rings. The second-order valence-corrected chi connectivity index (χ2v) is 11.5. The van der Waals surface area contributed by atoms with Crippen molar-refractivity contribution >= 4 is 34.9 Å². The first kappa shape index (κ1) is 24.1. The van der Waals surface area contributed by atoms with Crippen LogP contribution in [0.3, 0.4) is 0 Å². The molecule has 3 saturated carbocycles. The average Bonchev–Trinajstić information content (AvgIpc) is 3.25. The van der Waals surface area contributed by atoms with Crippen LogP contribution < -0.4 is 10.2 Å². The van der Waals surface area contributed by atoms with Gasteiger partial charge in [-0.2, -0.15) is 13.9 Å². The van der Waals surface area contributed by atoms with Crippen LogP contribution in [-0.4, -0.2) is 79.0 Å². The first-order valence-corrected chi connectivity index (χ1v) is 12.7. The molecule has 36 heavy (non-hydrogen) atoms. The highest BCUT2D eigenvalue weighted by Crippen LogP contribution is 2.71. The van der Waals surface area contributed by atoms with Gasteiger partial charge in [0.2, 0.25) is 0 Å². The average molecular weight is 521 g/mol. The van der Waals surface area contributed by atoms with E-state index in [1.54, 1.807) is 6.20 Å². The topological polar surface area (TPSA) is 78.6 Å². The Morgan fingerprint density at radius 1 is 1.22 bits per heavy atom. The maximum absolute atomic E-state index is 12.4. The van der Waals surface area contributed by atoms with Crippen molar-refractivity contribution in [2.75, 3.05) is 56.2 Å². The van der Waals surface area contributed by atoms with Gasteiger partial charge in [-0.15, -0.1) is 0 Å². The zero-order valence-electron chi connectivity index (χ0n) is 20.3. The summed E-state index contributed by atoms with van der Waals surface area (Å²) in [5.74, 6) is 0. The van der Waals surface area contributed by atoms with E-state index in [9.17, 15) is 8.78 Å². The maximum Gasteiger partial charge on any atom is 0.345 e. The molecule has 2 bridgehead atoms. The Morgan fingerprint density at radius 2 is 1.94 bits per heavy atom. The molecule has 0 amide bonds. The summed E-state index contributed by atoms with van der Waals surface area (Å²) in [7, 11) is 0. The Morgan fingerprint density at radius 3 is 2.56 bits per heavy atom. The van der Waals surface area contributed by atoms with Gasteiger partial charge in [-0.3, -0.25) is 9.58 Å². The van der Waals surface area contributed by atoms with E-state index in [0.29, 0.717) is 10.6 Å². The summed E-state index contributed by atoms with van der Waals surface area (Å²) in [6.07, 6.45) is 7.45. The van der Waals surface area contributed by atoms with Crippen LogP contribution in [0.1, 0.15) is 31.7 Å². The van der Waals surface area contributed by atoms with Crippen molar-refractivity contribution in [3.05, 3.63) is 35.1 Å². The molecule has 3 heterocycles. The number of aromatic nitrogens is 2. The van der Waals surface area contributed by atoms with Crippen LogP contribution in [0.25, 0.3) is 0 Å². The third kappa shape index (κ3) is 3.98. The van der Waals surface area contributed by atoms with Crippen LogP contribution >= 0.6 is 11.6 Å².